The van der Waals surface area contributed by atoms with Crippen molar-refractivity contribution in [2.24, 2.45) is 5.92 Å². The molecule has 9 aromatic rings. The third-order valence-corrected chi connectivity index (χ3v) is 21.9. The summed E-state index contributed by atoms with van der Waals surface area (Å²) in [6.45, 7) is 11.6. The van der Waals surface area contributed by atoms with Crippen LogP contribution in [0.4, 0.5) is 11.8 Å². The van der Waals surface area contributed by atoms with Gasteiger partial charge >= 0.3 is 22.2 Å². The smallest absolute Gasteiger partial charge is 0.497 e. The van der Waals surface area contributed by atoms with Crippen molar-refractivity contribution in [3.8, 4) is 17.6 Å². The van der Waals surface area contributed by atoms with Crippen LogP contribution in [0.1, 0.15) is 119 Å². The number of nitrogens with one attached hydrogen (secondary N) is 4. The molecule has 0 spiro atoms. The molecule has 3 fully saturated rings. The number of carbonyl (C=O) groups excluding carboxylic acids is 2. The van der Waals surface area contributed by atoms with Crippen molar-refractivity contribution in [2.75, 3.05) is 51.3 Å². The van der Waals surface area contributed by atoms with E-state index >= 15 is 0 Å². The first-order valence-corrected chi connectivity index (χ1v) is 37.8. The van der Waals surface area contributed by atoms with Gasteiger partial charge in [0, 0.05) is 63.7 Å². The molecule has 12 rings (SSSR count). The molecule has 3 unspecified atom stereocenters. The van der Waals surface area contributed by atoms with Crippen LogP contribution in [-0.4, -0.2) is 154 Å². The Labute approximate surface area is 616 Å². The van der Waals surface area contributed by atoms with Gasteiger partial charge in [-0.1, -0.05) is 86.6 Å². The lowest BCUT2D eigenvalue weighted by Crippen LogP contribution is -2.38. The number of rotatable bonds is 33. The Bertz CT molecular complexity index is 4790. The average molecular weight is 1530 g/mol. The van der Waals surface area contributed by atoms with Gasteiger partial charge in [-0.05, 0) is 87.7 Å². The molecule has 36 heteroatoms. The van der Waals surface area contributed by atoms with Crippen molar-refractivity contribution in [3.05, 3.63) is 193 Å². The molecule has 2 amide bonds. The van der Waals surface area contributed by atoms with Gasteiger partial charge < -0.3 is 42.8 Å². The third kappa shape index (κ3) is 17.6. The summed E-state index contributed by atoms with van der Waals surface area (Å²) in [4.78, 5) is 93.0. The number of H-pyrrole nitrogens is 2. The van der Waals surface area contributed by atoms with E-state index < -0.39 is 134 Å². The van der Waals surface area contributed by atoms with Crippen molar-refractivity contribution in [3.63, 3.8) is 0 Å². The molecule has 12 atom stereocenters. The Hall–Kier alpha value is -9.32. The standard InChI is InChI=1S/C71H79N14O19P3/c1-41(2)65(86)79-69-78-64-61(68(89)80-69)76-40-84(64)59-33-53(104-107(92)97-36-55-51(31-57(100-55)82-34-44(7)66(87)81-70(82)90)102-105(96-30-16-29-72)85(42(3)4)43(5)6)56(101-59)37-98-106(91)103-52-32-58(83-39-75-60-62(73-38-74-63(60)83)77-67(88)45-17-12-10-13-18-45)99-54(52)35-95-71(46-19-14-11-15-20-46,47-21-25-49(93-8)26-22-47)48-23-27-50(94-9)28-24-48/h10-15,17-28,34,38-43,51-59H,16,30-33,35-37H2,1-9H3,(H2-2,73,74,77,78,79,80,81,86,87,88,89,90)/p+2/t51-,52-,53-,54+,55+,56+,57+,58+,59+,105?/m0/s1. The summed E-state index contributed by atoms with van der Waals surface area (Å²) < 4.78 is 112. The summed E-state index contributed by atoms with van der Waals surface area (Å²) in [5, 5.41) is 14.9. The van der Waals surface area contributed by atoms with Crippen LogP contribution in [0.3, 0.4) is 0 Å². The maximum Gasteiger partial charge on any atom is 0.697 e. The van der Waals surface area contributed by atoms with Crippen LogP contribution in [0, 0.1) is 24.2 Å². The highest BCUT2D eigenvalue weighted by molar-refractivity contribution is 7.44. The van der Waals surface area contributed by atoms with E-state index in [1.54, 1.807) is 63.0 Å². The number of aromatic amines is 2. The largest absolute Gasteiger partial charge is 0.697 e. The van der Waals surface area contributed by atoms with Crippen molar-refractivity contribution < 1.29 is 74.3 Å². The molecule has 3 aliphatic heterocycles. The molecule has 0 radical (unpaired) electrons. The molecule has 3 saturated heterocycles. The fraction of sp³-hybridized carbons (Fsp3) is 0.423. The normalized spacial score (nSPS) is 20.8. The third-order valence-electron chi connectivity index (χ3n) is 18.1. The van der Waals surface area contributed by atoms with Crippen molar-refractivity contribution in [1.82, 2.24) is 53.3 Å². The Kier molecular flexibility index (Phi) is 25.1. The number of ether oxygens (including phenoxy) is 6. The lowest BCUT2D eigenvalue weighted by Gasteiger charge is -2.37. The summed E-state index contributed by atoms with van der Waals surface area (Å²) in [7, 11) is -5.05. The Morgan fingerprint density at radius 2 is 1.20 bits per heavy atom. The van der Waals surface area contributed by atoms with Gasteiger partial charge in [0.2, 0.25) is 11.9 Å². The highest BCUT2D eigenvalue weighted by Crippen LogP contribution is 2.51. The summed E-state index contributed by atoms with van der Waals surface area (Å²) in [6, 6.07) is 35.0. The van der Waals surface area contributed by atoms with Crippen LogP contribution < -0.4 is 36.9 Å². The molecule has 3 aliphatic rings. The van der Waals surface area contributed by atoms with Gasteiger partial charge in [-0.2, -0.15) is 10.2 Å². The Morgan fingerprint density at radius 3 is 1.77 bits per heavy atom. The van der Waals surface area contributed by atoms with E-state index in [2.05, 4.69) is 51.6 Å². The predicted octanol–water partition coefficient (Wildman–Crippen LogP) is 10.3. The van der Waals surface area contributed by atoms with Crippen LogP contribution >= 0.6 is 25.0 Å². The van der Waals surface area contributed by atoms with Gasteiger partial charge in [0.25, 0.3) is 25.6 Å². The first-order valence-electron chi connectivity index (χ1n) is 34.5. The maximum absolute atomic E-state index is 14.9. The van der Waals surface area contributed by atoms with E-state index in [4.69, 9.17) is 55.6 Å². The molecular weight excluding hydrogens is 1450 g/mol. The van der Waals surface area contributed by atoms with E-state index in [0.29, 0.717) is 28.2 Å². The number of aromatic nitrogens is 10. The number of nitrogens with zero attached hydrogens (tertiary/aromatic N) is 10. The Balaban J connectivity index is 0.837. The van der Waals surface area contributed by atoms with Gasteiger partial charge in [-0.25, -0.2) is 29.4 Å². The van der Waals surface area contributed by atoms with Gasteiger partial charge in [0.1, 0.15) is 85.8 Å². The number of nitriles is 1. The molecule has 4 N–H and O–H groups in total. The number of benzene rings is 4. The number of aryl methyl sites for hydroxylation is 1. The lowest BCUT2D eigenvalue weighted by atomic mass is 9.80. The fourth-order valence-electron chi connectivity index (χ4n) is 12.8. The SMILES string of the molecule is COc1ccc(C(OC[C@H]2O[C@@H](n3cnc4c(NC(=O)c5ccccc5)ncnc43)C[C@@H]2O[P+](=O)OC[C@H]2O[C@@H](n3cnc4c(=O)[nH]c(NC(=O)C(C)C)nc43)C[C@@H]2O[P+](=O)OC[C@H]2O[C@@H](n3cc(C)c(=O)[nH]c3=O)C[C@@H]2OP(OCCC#N)N(C(C)C)C(C)C)(c2ccccc2)c2ccc(OC)cc2)cc1. The molecule has 107 heavy (non-hydrogen) atoms. The fourth-order valence-corrected chi connectivity index (χ4v) is 16.1. The number of hydrogen-bond donors (Lipinski definition) is 4. The molecule has 0 saturated carbocycles. The minimum Gasteiger partial charge on any atom is -0.497 e. The molecular formula is C71H81N14O19P3+2. The molecule has 33 nitrogen and oxygen atoms in total. The minimum atomic E-state index is -3.16. The summed E-state index contributed by atoms with van der Waals surface area (Å²) in [5.41, 5.74) is -0.165. The van der Waals surface area contributed by atoms with Crippen LogP contribution in [-0.2, 0) is 65.6 Å². The van der Waals surface area contributed by atoms with Gasteiger partial charge in [-0.3, -0.25) is 48.2 Å². The van der Waals surface area contributed by atoms with Crippen LogP contribution in [0.25, 0.3) is 22.3 Å². The number of fused-ring (bicyclic) bond motifs is 2. The predicted molar refractivity (Wildman–Crippen MR) is 388 cm³/mol. The summed E-state index contributed by atoms with van der Waals surface area (Å²) in [6.07, 6.45) is -4.16. The number of methoxy groups -OCH3 is 2. The molecule has 5 aromatic heterocycles. The number of amides is 2. The highest BCUT2D eigenvalue weighted by atomic mass is 31.2. The molecule has 0 aliphatic carbocycles. The average Bonchev–Trinajstić information content (AvgIpc) is 1.06. The van der Waals surface area contributed by atoms with E-state index in [0.717, 1.165) is 5.56 Å². The van der Waals surface area contributed by atoms with Crippen LogP contribution in [0.2, 0.25) is 0 Å². The zero-order valence-corrected chi connectivity index (χ0v) is 62.5. The number of imidazole rings is 2. The molecule has 4 aromatic carbocycles. The van der Waals surface area contributed by atoms with E-state index in [1.165, 1.54) is 41.2 Å². The molecule has 8 heterocycles. The van der Waals surface area contributed by atoms with E-state index in [-0.39, 0.29) is 90.6 Å². The lowest BCUT2D eigenvalue weighted by molar-refractivity contribution is -0.118. The number of anilines is 2. The second-order valence-electron chi connectivity index (χ2n) is 26.2. The summed E-state index contributed by atoms with van der Waals surface area (Å²) in [5.74, 6) is -0.165. The van der Waals surface area contributed by atoms with Crippen LogP contribution in [0.15, 0.2) is 149 Å². The molecule has 562 valence electrons. The topological polar surface area (TPSA) is 392 Å². The first-order chi connectivity index (χ1) is 51.6. The molecule has 0 bridgehead atoms. The van der Waals surface area contributed by atoms with E-state index in [9.17, 15) is 38.4 Å². The quantitative estimate of drug-likeness (QED) is 0.0169. The highest BCUT2D eigenvalue weighted by Gasteiger charge is 2.51. The van der Waals surface area contributed by atoms with Crippen molar-refractivity contribution in [1.29, 1.82) is 5.26 Å². The van der Waals surface area contributed by atoms with Crippen molar-refractivity contribution in [2.45, 2.75) is 147 Å². The zero-order valence-electron chi connectivity index (χ0n) is 59.9. The second-order valence-corrected chi connectivity index (χ2v) is 29.4. The van der Waals surface area contributed by atoms with Gasteiger partial charge in [0.15, 0.2) is 28.1 Å². The zero-order chi connectivity index (χ0) is 75.6. The van der Waals surface area contributed by atoms with Gasteiger partial charge in [-0.15, -0.1) is 18.1 Å². The number of carbonyl (C=O) groups is 2. The van der Waals surface area contributed by atoms with Crippen molar-refractivity contribution >= 4 is 70.9 Å². The van der Waals surface area contributed by atoms with Gasteiger partial charge in [0.05, 0.1) is 58.7 Å². The summed E-state index contributed by atoms with van der Waals surface area (Å²) >= 11 is 0. The monoisotopic (exact) mass is 1530 g/mol. The first kappa shape index (κ1) is 77.3. The van der Waals surface area contributed by atoms with Crippen LogP contribution in [0.5, 0.6) is 11.5 Å². The van der Waals surface area contributed by atoms with E-state index in [1.807, 2.05) is 111 Å². The maximum atomic E-state index is 14.9. The Morgan fingerprint density at radius 1 is 0.664 bits per heavy atom. The minimum absolute atomic E-state index is 0.00129. The second kappa shape index (κ2) is 34.7. The number of hydrogen-bond acceptors (Lipinski definition) is 26.